The van der Waals surface area contributed by atoms with Gasteiger partial charge in [0.1, 0.15) is 0 Å². The van der Waals surface area contributed by atoms with Gasteiger partial charge in [-0.3, -0.25) is 0 Å². The summed E-state index contributed by atoms with van der Waals surface area (Å²) in [4.78, 5) is 0. The Kier molecular flexibility index (Phi) is 3.10. The summed E-state index contributed by atoms with van der Waals surface area (Å²) < 4.78 is 26.3. The van der Waals surface area contributed by atoms with E-state index in [1.807, 2.05) is 7.05 Å². The fourth-order valence-electron chi connectivity index (χ4n) is 3.83. The van der Waals surface area contributed by atoms with Gasteiger partial charge in [-0.2, -0.15) is 0 Å². The minimum atomic E-state index is -0.762. The predicted molar refractivity (Wildman–Crippen MR) is 67.1 cm³/mol. The van der Waals surface area contributed by atoms with Gasteiger partial charge in [0.05, 0.1) is 0 Å². The van der Waals surface area contributed by atoms with Crippen molar-refractivity contribution in [1.82, 2.24) is 5.32 Å². The minimum absolute atomic E-state index is 0.174. The number of rotatable bonds is 3. The van der Waals surface area contributed by atoms with Crippen LogP contribution in [0.3, 0.4) is 0 Å². The van der Waals surface area contributed by atoms with E-state index in [0.717, 1.165) is 17.4 Å². The van der Waals surface area contributed by atoms with Crippen LogP contribution in [0, 0.1) is 29.4 Å². The highest BCUT2D eigenvalue weighted by Gasteiger charge is 2.54. The number of halogens is 2. The van der Waals surface area contributed by atoms with Gasteiger partial charge in [-0.25, -0.2) is 8.78 Å². The Morgan fingerprint density at radius 1 is 1.11 bits per heavy atom. The molecule has 0 heterocycles. The van der Waals surface area contributed by atoms with Gasteiger partial charge >= 0.3 is 0 Å². The topological polar surface area (TPSA) is 12.0 Å². The number of hydrogen-bond donors (Lipinski definition) is 1. The number of fused-ring (bicyclic) bond motifs is 1. The van der Waals surface area contributed by atoms with E-state index in [9.17, 15) is 8.78 Å². The SMILES string of the molecule is CNC(c1ccc(F)c(F)c1)C1C2CCCCC21. The first-order valence-corrected chi connectivity index (χ1v) is 6.84. The van der Waals surface area contributed by atoms with E-state index < -0.39 is 11.6 Å². The van der Waals surface area contributed by atoms with E-state index in [-0.39, 0.29) is 6.04 Å². The largest absolute Gasteiger partial charge is 0.313 e. The molecule has 3 rings (SSSR count). The highest BCUT2D eigenvalue weighted by atomic mass is 19.2. The first-order valence-electron chi connectivity index (χ1n) is 6.84. The molecule has 0 radical (unpaired) electrons. The van der Waals surface area contributed by atoms with Gasteiger partial charge in [0.2, 0.25) is 0 Å². The molecule has 3 atom stereocenters. The van der Waals surface area contributed by atoms with Crippen LogP contribution >= 0.6 is 0 Å². The fraction of sp³-hybridized carbons (Fsp3) is 0.600. The van der Waals surface area contributed by atoms with E-state index in [2.05, 4.69) is 5.32 Å². The van der Waals surface area contributed by atoms with Gasteiger partial charge in [-0.1, -0.05) is 18.9 Å². The van der Waals surface area contributed by atoms with Crippen molar-refractivity contribution in [2.45, 2.75) is 31.7 Å². The minimum Gasteiger partial charge on any atom is -0.313 e. The lowest BCUT2D eigenvalue weighted by Gasteiger charge is -2.17. The first-order chi connectivity index (χ1) is 8.72. The average Bonchev–Trinajstić information content (AvgIpc) is 3.09. The molecule has 1 N–H and O–H groups in total. The summed E-state index contributed by atoms with van der Waals surface area (Å²) in [5.41, 5.74) is 0.885. The average molecular weight is 251 g/mol. The van der Waals surface area contributed by atoms with E-state index in [1.54, 1.807) is 6.07 Å². The molecule has 1 aromatic carbocycles. The zero-order chi connectivity index (χ0) is 12.7. The Morgan fingerprint density at radius 2 is 1.78 bits per heavy atom. The van der Waals surface area contributed by atoms with Gasteiger partial charge in [0.25, 0.3) is 0 Å². The Morgan fingerprint density at radius 3 is 2.33 bits per heavy atom. The van der Waals surface area contributed by atoms with Crippen LogP contribution in [0.4, 0.5) is 8.78 Å². The molecule has 1 nitrogen and oxygen atoms in total. The van der Waals surface area contributed by atoms with Crippen molar-refractivity contribution in [3.63, 3.8) is 0 Å². The third kappa shape index (κ3) is 1.95. The lowest BCUT2D eigenvalue weighted by molar-refractivity contribution is 0.468. The van der Waals surface area contributed by atoms with Crippen LogP contribution in [0.2, 0.25) is 0 Å². The molecular formula is C15H19F2N. The summed E-state index contributed by atoms with van der Waals surface area (Å²) in [6, 6.07) is 4.47. The molecule has 3 heteroatoms. The maximum Gasteiger partial charge on any atom is 0.159 e. The Bertz CT molecular complexity index is 434. The van der Waals surface area contributed by atoms with E-state index in [1.165, 1.54) is 37.8 Å². The van der Waals surface area contributed by atoms with Gasteiger partial charge in [0.15, 0.2) is 11.6 Å². The van der Waals surface area contributed by atoms with E-state index in [0.29, 0.717) is 5.92 Å². The Hall–Kier alpha value is -0.960. The molecular weight excluding hydrogens is 232 g/mol. The van der Waals surface area contributed by atoms with Crippen LogP contribution in [-0.2, 0) is 0 Å². The molecule has 1 aromatic rings. The number of hydrogen-bond acceptors (Lipinski definition) is 1. The van der Waals surface area contributed by atoms with Crippen molar-refractivity contribution in [3.8, 4) is 0 Å². The van der Waals surface area contributed by atoms with Gasteiger partial charge in [-0.15, -0.1) is 0 Å². The van der Waals surface area contributed by atoms with Crippen molar-refractivity contribution in [1.29, 1.82) is 0 Å². The normalized spacial score (nSPS) is 31.8. The maximum atomic E-state index is 13.3. The monoisotopic (exact) mass is 251 g/mol. The summed E-state index contributed by atoms with van der Waals surface area (Å²) >= 11 is 0. The lowest BCUT2D eigenvalue weighted by atomic mass is 10.00. The van der Waals surface area contributed by atoms with Crippen LogP contribution < -0.4 is 5.32 Å². The molecule has 2 aliphatic rings. The van der Waals surface area contributed by atoms with Crippen LogP contribution in [0.5, 0.6) is 0 Å². The molecule has 0 saturated heterocycles. The second-order valence-corrected chi connectivity index (χ2v) is 5.63. The van der Waals surface area contributed by atoms with Crippen LogP contribution in [-0.4, -0.2) is 7.05 Å². The van der Waals surface area contributed by atoms with Crippen molar-refractivity contribution in [2.75, 3.05) is 7.05 Å². The number of nitrogens with one attached hydrogen (secondary N) is 1. The maximum absolute atomic E-state index is 13.3. The van der Waals surface area contributed by atoms with Gasteiger partial charge in [-0.05, 0) is 55.3 Å². The summed E-state index contributed by atoms with van der Waals surface area (Å²) in [5.74, 6) is 0.703. The molecule has 2 fully saturated rings. The summed E-state index contributed by atoms with van der Waals surface area (Å²) in [5, 5.41) is 3.29. The molecule has 18 heavy (non-hydrogen) atoms. The van der Waals surface area contributed by atoms with E-state index in [4.69, 9.17) is 0 Å². The lowest BCUT2D eigenvalue weighted by Crippen LogP contribution is -2.20. The van der Waals surface area contributed by atoms with Gasteiger partial charge < -0.3 is 5.32 Å². The number of benzene rings is 1. The standard InChI is InChI=1S/C15H19F2N/c1-18-15(9-6-7-12(16)13(17)8-9)14-10-4-2-3-5-11(10)14/h6-8,10-11,14-15,18H,2-5H2,1H3. The Balaban J connectivity index is 1.82. The molecule has 0 aromatic heterocycles. The second-order valence-electron chi connectivity index (χ2n) is 5.63. The quantitative estimate of drug-likeness (QED) is 0.864. The molecule has 98 valence electrons. The van der Waals surface area contributed by atoms with Crippen LogP contribution in [0.25, 0.3) is 0 Å². The highest BCUT2D eigenvalue weighted by molar-refractivity contribution is 5.25. The van der Waals surface area contributed by atoms with Crippen molar-refractivity contribution in [2.24, 2.45) is 17.8 Å². The predicted octanol–water partition coefficient (Wildman–Crippen LogP) is 3.66. The van der Waals surface area contributed by atoms with Crippen molar-refractivity contribution in [3.05, 3.63) is 35.4 Å². The highest BCUT2D eigenvalue weighted by Crippen LogP contribution is 2.60. The van der Waals surface area contributed by atoms with Crippen molar-refractivity contribution >= 4 is 0 Å². The fourth-order valence-corrected chi connectivity index (χ4v) is 3.83. The van der Waals surface area contributed by atoms with Crippen molar-refractivity contribution < 1.29 is 8.78 Å². The Labute approximate surface area is 107 Å². The van der Waals surface area contributed by atoms with Gasteiger partial charge in [0, 0.05) is 6.04 Å². The zero-order valence-corrected chi connectivity index (χ0v) is 10.6. The third-order valence-corrected chi connectivity index (χ3v) is 4.72. The molecule has 2 aliphatic carbocycles. The molecule has 0 spiro atoms. The summed E-state index contributed by atoms with van der Waals surface area (Å²) in [6.45, 7) is 0. The first kappa shape index (κ1) is 12.1. The molecule has 0 aliphatic heterocycles. The van der Waals surface area contributed by atoms with Crippen LogP contribution in [0.1, 0.15) is 37.3 Å². The van der Waals surface area contributed by atoms with E-state index >= 15 is 0 Å². The third-order valence-electron chi connectivity index (χ3n) is 4.72. The molecule has 0 amide bonds. The molecule has 2 saturated carbocycles. The van der Waals surface area contributed by atoms with Crippen LogP contribution in [0.15, 0.2) is 18.2 Å². The molecule has 0 bridgehead atoms. The second kappa shape index (κ2) is 4.61. The molecule has 3 unspecified atom stereocenters. The zero-order valence-electron chi connectivity index (χ0n) is 10.6. The summed E-state index contributed by atoms with van der Waals surface area (Å²) in [6.07, 6.45) is 5.26. The smallest absolute Gasteiger partial charge is 0.159 e. The summed E-state index contributed by atoms with van der Waals surface area (Å²) in [7, 11) is 1.91.